The summed E-state index contributed by atoms with van der Waals surface area (Å²) in [5, 5.41) is 5.52. The maximum Gasteiger partial charge on any atom is 0.287 e. The summed E-state index contributed by atoms with van der Waals surface area (Å²) in [5.41, 5.74) is 1.88. The van der Waals surface area contributed by atoms with Crippen LogP contribution in [0, 0.1) is 0 Å². The molecule has 0 saturated heterocycles. The molecule has 0 spiro atoms. The number of anilines is 1. The van der Waals surface area contributed by atoms with E-state index < -0.39 is 0 Å². The van der Waals surface area contributed by atoms with Crippen LogP contribution in [0.15, 0.2) is 34.7 Å². The number of furan rings is 1. The lowest BCUT2D eigenvalue weighted by Crippen LogP contribution is -2.26. The number of hydrogen-bond donors (Lipinski definition) is 2. The molecular weight excluding hydrogens is 324 g/mol. The van der Waals surface area contributed by atoms with Crippen molar-refractivity contribution >= 4 is 17.5 Å². The molecule has 2 aromatic rings. The van der Waals surface area contributed by atoms with Crippen LogP contribution in [-0.2, 0) is 22.6 Å². The molecule has 2 N–H and O–H groups in total. The van der Waals surface area contributed by atoms with E-state index in [1.165, 1.54) is 0 Å². The Bertz CT molecular complexity index is 769. The third-order valence-electron chi connectivity index (χ3n) is 3.83. The first-order valence-corrected chi connectivity index (χ1v) is 8.07. The number of carbonyl (C=O) groups excluding carboxylic acids is 2. The van der Waals surface area contributed by atoms with Crippen molar-refractivity contribution in [1.29, 1.82) is 0 Å². The number of carbonyl (C=O) groups is 2. The van der Waals surface area contributed by atoms with E-state index in [9.17, 15) is 9.59 Å². The van der Waals surface area contributed by atoms with Gasteiger partial charge in [0.25, 0.3) is 5.91 Å². The smallest absolute Gasteiger partial charge is 0.287 e. The molecule has 0 aliphatic carbocycles. The molecule has 1 aliphatic rings. The van der Waals surface area contributed by atoms with Crippen LogP contribution in [0.1, 0.15) is 28.3 Å². The maximum absolute atomic E-state index is 11.9. The molecule has 0 fully saturated rings. The SMILES string of the molecule is COCCNC(=O)c1ccc(COc2ccc3c(c2)CCC(=O)N3)o1. The molecule has 1 aromatic carbocycles. The van der Waals surface area contributed by atoms with Crippen LogP contribution in [-0.4, -0.2) is 32.1 Å². The van der Waals surface area contributed by atoms with Gasteiger partial charge in [-0.2, -0.15) is 0 Å². The Labute approximate surface area is 145 Å². The molecule has 132 valence electrons. The topological polar surface area (TPSA) is 89.8 Å². The minimum absolute atomic E-state index is 0.0352. The van der Waals surface area contributed by atoms with E-state index in [4.69, 9.17) is 13.9 Å². The monoisotopic (exact) mass is 344 g/mol. The highest BCUT2D eigenvalue weighted by Gasteiger charge is 2.15. The molecule has 0 saturated carbocycles. The Kier molecular flexibility index (Phi) is 5.35. The molecule has 1 aromatic heterocycles. The zero-order valence-electron chi connectivity index (χ0n) is 14.0. The molecule has 2 amide bonds. The molecule has 25 heavy (non-hydrogen) atoms. The Morgan fingerprint density at radius 3 is 3.00 bits per heavy atom. The van der Waals surface area contributed by atoms with E-state index in [0.29, 0.717) is 37.5 Å². The summed E-state index contributed by atoms with van der Waals surface area (Å²) >= 11 is 0. The maximum atomic E-state index is 11.9. The molecule has 0 bridgehead atoms. The van der Waals surface area contributed by atoms with Crippen molar-refractivity contribution in [3.63, 3.8) is 0 Å². The van der Waals surface area contributed by atoms with Crippen molar-refractivity contribution in [2.24, 2.45) is 0 Å². The highest BCUT2D eigenvalue weighted by atomic mass is 16.5. The predicted octanol–water partition coefficient (Wildman–Crippen LogP) is 2.12. The number of methoxy groups -OCH3 is 1. The van der Waals surface area contributed by atoms with Crippen LogP contribution in [0.2, 0.25) is 0 Å². The van der Waals surface area contributed by atoms with E-state index in [1.54, 1.807) is 25.3 Å². The standard InChI is InChI=1S/C18H20N2O5/c1-23-9-8-19-18(22)16-6-4-14(25-16)11-24-13-3-5-15-12(10-13)2-7-17(21)20-15/h3-6,10H,2,7-9,11H2,1H3,(H,19,22)(H,20,21). The minimum Gasteiger partial charge on any atom is -0.486 e. The van der Waals surface area contributed by atoms with Gasteiger partial charge >= 0.3 is 0 Å². The third-order valence-corrected chi connectivity index (χ3v) is 3.83. The van der Waals surface area contributed by atoms with E-state index in [2.05, 4.69) is 10.6 Å². The van der Waals surface area contributed by atoms with Crippen LogP contribution < -0.4 is 15.4 Å². The minimum atomic E-state index is -0.284. The van der Waals surface area contributed by atoms with Crippen LogP contribution >= 0.6 is 0 Å². The lowest BCUT2D eigenvalue weighted by atomic mass is 10.0. The molecule has 0 unspecified atom stereocenters. The lowest BCUT2D eigenvalue weighted by molar-refractivity contribution is -0.116. The van der Waals surface area contributed by atoms with Gasteiger partial charge in [0.2, 0.25) is 5.91 Å². The molecular formula is C18H20N2O5. The van der Waals surface area contributed by atoms with Crippen molar-refractivity contribution in [2.75, 3.05) is 25.6 Å². The van der Waals surface area contributed by atoms with Gasteiger partial charge in [-0.25, -0.2) is 0 Å². The largest absolute Gasteiger partial charge is 0.486 e. The van der Waals surface area contributed by atoms with Crippen molar-refractivity contribution in [3.8, 4) is 5.75 Å². The molecule has 7 nitrogen and oxygen atoms in total. The van der Waals surface area contributed by atoms with Crippen molar-refractivity contribution in [3.05, 3.63) is 47.4 Å². The second-order valence-corrected chi connectivity index (χ2v) is 5.67. The number of benzene rings is 1. The molecule has 0 radical (unpaired) electrons. The fraction of sp³-hybridized carbons (Fsp3) is 0.333. The Morgan fingerprint density at radius 2 is 2.16 bits per heavy atom. The summed E-state index contributed by atoms with van der Waals surface area (Å²) in [6.45, 7) is 1.09. The zero-order valence-corrected chi connectivity index (χ0v) is 14.0. The van der Waals surface area contributed by atoms with Crippen molar-refractivity contribution in [2.45, 2.75) is 19.4 Å². The van der Waals surface area contributed by atoms with Crippen LogP contribution in [0.25, 0.3) is 0 Å². The summed E-state index contributed by atoms with van der Waals surface area (Å²) < 4.78 is 16.1. The summed E-state index contributed by atoms with van der Waals surface area (Å²) in [4.78, 5) is 23.2. The van der Waals surface area contributed by atoms with Gasteiger partial charge in [-0.15, -0.1) is 0 Å². The number of nitrogens with one attached hydrogen (secondary N) is 2. The van der Waals surface area contributed by atoms with Gasteiger partial charge in [-0.3, -0.25) is 9.59 Å². The number of rotatable bonds is 7. The molecule has 0 atom stereocenters. The first-order chi connectivity index (χ1) is 12.2. The second kappa shape index (κ2) is 7.85. The van der Waals surface area contributed by atoms with Gasteiger partial charge in [0.15, 0.2) is 5.76 Å². The average Bonchev–Trinajstić information content (AvgIpc) is 3.09. The highest BCUT2D eigenvalue weighted by Crippen LogP contribution is 2.27. The Hall–Kier alpha value is -2.80. The molecule has 1 aliphatic heterocycles. The Balaban J connectivity index is 1.55. The summed E-state index contributed by atoms with van der Waals surface area (Å²) in [6.07, 6.45) is 1.18. The Morgan fingerprint density at radius 1 is 1.28 bits per heavy atom. The van der Waals surface area contributed by atoms with E-state index in [0.717, 1.165) is 11.3 Å². The quantitative estimate of drug-likeness (QED) is 0.751. The van der Waals surface area contributed by atoms with Gasteiger partial charge in [-0.05, 0) is 42.3 Å². The number of ether oxygens (including phenoxy) is 2. The number of fused-ring (bicyclic) bond motifs is 1. The number of hydrogen-bond acceptors (Lipinski definition) is 5. The number of amides is 2. The fourth-order valence-corrected chi connectivity index (χ4v) is 2.54. The van der Waals surface area contributed by atoms with Gasteiger partial charge in [0.1, 0.15) is 18.1 Å². The third kappa shape index (κ3) is 4.39. The highest BCUT2D eigenvalue weighted by molar-refractivity contribution is 5.94. The lowest BCUT2D eigenvalue weighted by Gasteiger charge is -2.17. The average molecular weight is 344 g/mol. The first kappa shape index (κ1) is 17.0. The van der Waals surface area contributed by atoms with E-state index in [-0.39, 0.29) is 24.2 Å². The van der Waals surface area contributed by atoms with E-state index >= 15 is 0 Å². The van der Waals surface area contributed by atoms with Gasteiger partial charge in [-0.1, -0.05) is 0 Å². The van der Waals surface area contributed by atoms with Crippen molar-refractivity contribution in [1.82, 2.24) is 5.32 Å². The van der Waals surface area contributed by atoms with Gasteiger partial charge in [0.05, 0.1) is 6.61 Å². The summed E-state index contributed by atoms with van der Waals surface area (Å²) in [6, 6.07) is 8.87. The zero-order chi connectivity index (χ0) is 17.6. The number of aryl methyl sites for hydroxylation is 1. The normalized spacial score (nSPS) is 13.1. The van der Waals surface area contributed by atoms with Crippen LogP contribution in [0.4, 0.5) is 5.69 Å². The first-order valence-electron chi connectivity index (χ1n) is 8.07. The molecule has 2 heterocycles. The summed E-state index contributed by atoms with van der Waals surface area (Å²) in [5.74, 6) is 1.24. The van der Waals surface area contributed by atoms with Crippen LogP contribution in [0.3, 0.4) is 0 Å². The van der Waals surface area contributed by atoms with Gasteiger partial charge < -0.3 is 24.5 Å². The van der Waals surface area contributed by atoms with E-state index in [1.807, 2.05) is 12.1 Å². The second-order valence-electron chi connectivity index (χ2n) is 5.67. The fourth-order valence-electron chi connectivity index (χ4n) is 2.54. The van der Waals surface area contributed by atoms with Crippen molar-refractivity contribution < 1.29 is 23.5 Å². The van der Waals surface area contributed by atoms with Crippen LogP contribution in [0.5, 0.6) is 5.75 Å². The predicted molar refractivity (Wildman–Crippen MR) is 90.6 cm³/mol. The summed E-state index contributed by atoms with van der Waals surface area (Å²) in [7, 11) is 1.57. The van der Waals surface area contributed by atoms with Gasteiger partial charge in [0, 0.05) is 25.8 Å². The molecule has 7 heteroatoms. The molecule has 3 rings (SSSR count).